The molecule has 1 atom stereocenters. The van der Waals surface area contributed by atoms with Gasteiger partial charge >= 0.3 is 12.1 Å². The molecule has 0 aromatic heterocycles. The van der Waals surface area contributed by atoms with Crippen LogP contribution in [0.4, 0.5) is 4.79 Å². The van der Waals surface area contributed by atoms with Crippen molar-refractivity contribution in [3.63, 3.8) is 0 Å². The molecule has 0 aliphatic carbocycles. The maximum absolute atomic E-state index is 11.5. The highest BCUT2D eigenvalue weighted by Gasteiger charge is 2.17. The van der Waals surface area contributed by atoms with Crippen LogP contribution in [0.25, 0.3) is 0 Å². The van der Waals surface area contributed by atoms with E-state index in [1.54, 1.807) is 0 Å². The Morgan fingerprint density at radius 1 is 1.30 bits per heavy atom. The summed E-state index contributed by atoms with van der Waals surface area (Å²) in [7, 11) is 0. The molecular weight excluding hydrogens is 258 g/mol. The van der Waals surface area contributed by atoms with Gasteiger partial charge in [0.15, 0.2) is 0 Å². The number of hydrogen-bond donors (Lipinski definition) is 2. The van der Waals surface area contributed by atoms with Gasteiger partial charge in [-0.3, -0.25) is 4.79 Å². The molecule has 0 aliphatic rings. The molecule has 20 heavy (non-hydrogen) atoms. The number of carboxylic acids is 1. The average Bonchev–Trinajstić information content (AvgIpc) is 2.46. The second kappa shape index (κ2) is 8.96. The van der Waals surface area contributed by atoms with Gasteiger partial charge in [0.25, 0.3) is 0 Å². The van der Waals surface area contributed by atoms with Crippen molar-refractivity contribution in [1.29, 1.82) is 0 Å². The van der Waals surface area contributed by atoms with Crippen molar-refractivity contribution in [2.24, 2.45) is 5.92 Å². The summed E-state index contributed by atoms with van der Waals surface area (Å²) in [6, 6.07) is 9.32. The Morgan fingerprint density at radius 2 is 2.00 bits per heavy atom. The fourth-order valence-electron chi connectivity index (χ4n) is 1.74. The molecule has 0 spiro atoms. The van der Waals surface area contributed by atoms with Crippen molar-refractivity contribution in [3.05, 3.63) is 35.9 Å². The molecule has 1 aromatic rings. The normalized spacial score (nSPS) is 11.7. The van der Waals surface area contributed by atoms with Crippen LogP contribution < -0.4 is 5.32 Å². The van der Waals surface area contributed by atoms with Crippen LogP contribution in [0.3, 0.4) is 0 Å². The zero-order chi connectivity index (χ0) is 14.8. The number of carbonyl (C=O) groups excluding carboxylic acids is 1. The average molecular weight is 279 g/mol. The molecule has 1 rings (SSSR count). The molecule has 0 aliphatic heterocycles. The van der Waals surface area contributed by atoms with Gasteiger partial charge in [-0.1, -0.05) is 50.1 Å². The molecule has 1 aromatic carbocycles. The minimum absolute atomic E-state index is 0.100. The van der Waals surface area contributed by atoms with Gasteiger partial charge in [0, 0.05) is 6.54 Å². The number of unbranched alkanes of at least 4 members (excludes halogenated alkanes) is 1. The van der Waals surface area contributed by atoms with Crippen molar-refractivity contribution in [1.82, 2.24) is 5.32 Å². The SMILES string of the molecule is CCCCC(CNC(=O)OCc1ccccc1)C(=O)O. The van der Waals surface area contributed by atoms with E-state index in [0.29, 0.717) is 6.42 Å². The van der Waals surface area contributed by atoms with E-state index < -0.39 is 18.0 Å². The summed E-state index contributed by atoms with van der Waals surface area (Å²) >= 11 is 0. The molecule has 0 fully saturated rings. The molecule has 0 radical (unpaired) electrons. The Bertz CT molecular complexity index is 419. The third-order valence-corrected chi connectivity index (χ3v) is 2.96. The Morgan fingerprint density at radius 3 is 2.60 bits per heavy atom. The number of benzene rings is 1. The van der Waals surface area contributed by atoms with E-state index in [2.05, 4.69) is 5.32 Å². The van der Waals surface area contributed by atoms with Crippen LogP contribution in [0.15, 0.2) is 30.3 Å². The molecule has 1 unspecified atom stereocenters. The van der Waals surface area contributed by atoms with Crippen LogP contribution in [0.2, 0.25) is 0 Å². The maximum Gasteiger partial charge on any atom is 0.407 e. The highest BCUT2D eigenvalue weighted by atomic mass is 16.5. The van der Waals surface area contributed by atoms with Crippen molar-refractivity contribution >= 4 is 12.1 Å². The lowest BCUT2D eigenvalue weighted by Crippen LogP contribution is -2.33. The third-order valence-electron chi connectivity index (χ3n) is 2.96. The summed E-state index contributed by atoms with van der Waals surface area (Å²) in [5.74, 6) is -1.44. The van der Waals surface area contributed by atoms with Gasteiger partial charge in [0.2, 0.25) is 0 Å². The highest BCUT2D eigenvalue weighted by molar-refractivity contribution is 5.72. The van der Waals surface area contributed by atoms with Crippen molar-refractivity contribution in [3.8, 4) is 0 Å². The van der Waals surface area contributed by atoms with Crippen LogP contribution in [-0.2, 0) is 16.1 Å². The van der Waals surface area contributed by atoms with E-state index in [-0.39, 0.29) is 13.2 Å². The lowest BCUT2D eigenvalue weighted by Gasteiger charge is -2.13. The third kappa shape index (κ3) is 6.22. The number of ether oxygens (including phenoxy) is 1. The molecular formula is C15H21NO4. The molecule has 110 valence electrons. The summed E-state index contributed by atoms with van der Waals surface area (Å²) in [5.41, 5.74) is 0.892. The Balaban J connectivity index is 2.29. The van der Waals surface area contributed by atoms with Crippen LogP contribution in [0, 0.1) is 5.92 Å². The molecule has 5 heteroatoms. The largest absolute Gasteiger partial charge is 0.481 e. The van der Waals surface area contributed by atoms with Gasteiger partial charge in [0.1, 0.15) is 6.61 Å². The van der Waals surface area contributed by atoms with E-state index in [1.165, 1.54) is 0 Å². The molecule has 0 saturated heterocycles. The fraction of sp³-hybridized carbons (Fsp3) is 0.467. The molecule has 0 saturated carbocycles. The first kappa shape index (κ1) is 16.0. The summed E-state index contributed by atoms with van der Waals surface area (Å²) < 4.78 is 5.02. The Hall–Kier alpha value is -2.04. The van der Waals surface area contributed by atoms with Crippen molar-refractivity contribution < 1.29 is 19.4 Å². The maximum atomic E-state index is 11.5. The van der Waals surface area contributed by atoms with Gasteiger partial charge in [-0.05, 0) is 12.0 Å². The molecule has 2 N–H and O–H groups in total. The fourth-order valence-corrected chi connectivity index (χ4v) is 1.74. The molecule has 0 heterocycles. The first-order chi connectivity index (χ1) is 9.63. The smallest absolute Gasteiger partial charge is 0.407 e. The van der Waals surface area contributed by atoms with Crippen LogP contribution in [0.5, 0.6) is 0 Å². The summed E-state index contributed by atoms with van der Waals surface area (Å²) in [5, 5.41) is 11.5. The van der Waals surface area contributed by atoms with E-state index in [9.17, 15) is 9.59 Å². The van der Waals surface area contributed by atoms with Gasteiger partial charge in [-0.15, -0.1) is 0 Å². The Labute approximate surface area is 118 Å². The first-order valence-electron chi connectivity index (χ1n) is 6.80. The summed E-state index contributed by atoms with van der Waals surface area (Å²) in [6.45, 7) is 2.28. The van der Waals surface area contributed by atoms with Gasteiger partial charge < -0.3 is 15.2 Å². The van der Waals surface area contributed by atoms with Crippen molar-refractivity contribution in [2.45, 2.75) is 32.8 Å². The number of rotatable bonds is 8. The topological polar surface area (TPSA) is 75.6 Å². The zero-order valence-corrected chi connectivity index (χ0v) is 11.7. The second-order valence-corrected chi connectivity index (χ2v) is 4.62. The quantitative estimate of drug-likeness (QED) is 0.767. The first-order valence-corrected chi connectivity index (χ1v) is 6.80. The number of carboxylic acid groups (broad SMARTS) is 1. The minimum atomic E-state index is -0.887. The standard InChI is InChI=1S/C15H21NO4/c1-2-3-9-13(14(17)18)10-16-15(19)20-11-12-7-5-4-6-8-12/h4-8,13H,2-3,9-11H2,1H3,(H,16,19)(H,17,18). The van der Waals surface area contributed by atoms with Crippen LogP contribution in [-0.4, -0.2) is 23.7 Å². The number of carbonyl (C=O) groups is 2. The number of alkyl carbamates (subject to hydrolysis) is 1. The Kier molecular flexibility index (Phi) is 7.17. The van der Waals surface area contributed by atoms with Gasteiger partial charge in [-0.2, -0.15) is 0 Å². The second-order valence-electron chi connectivity index (χ2n) is 4.62. The summed E-state index contributed by atoms with van der Waals surface area (Å²) in [4.78, 5) is 22.5. The van der Waals surface area contributed by atoms with Gasteiger partial charge in [-0.25, -0.2) is 4.79 Å². The molecule has 0 bridgehead atoms. The summed E-state index contributed by atoms with van der Waals surface area (Å²) in [6.07, 6.45) is 1.74. The van der Waals surface area contributed by atoms with Crippen LogP contribution in [0.1, 0.15) is 31.7 Å². The number of nitrogens with one attached hydrogen (secondary N) is 1. The highest BCUT2D eigenvalue weighted by Crippen LogP contribution is 2.08. The van der Waals surface area contributed by atoms with E-state index in [1.807, 2.05) is 37.3 Å². The lowest BCUT2D eigenvalue weighted by atomic mass is 10.0. The number of aliphatic carboxylic acids is 1. The zero-order valence-electron chi connectivity index (χ0n) is 11.7. The molecule has 1 amide bonds. The van der Waals surface area contributed by atoms with E-state index >= 15 is 0 Å². The predicted molar refractivity (Wildman–Crippen MR) is 75.3 cm³/mol. The van der Waals surface area contributed by atoms with Crippen LogP contribution >= 0.6 is 0 Å². The number of hydrogen-bond acceptors (Lipinski definition) is 3. The van der Waals surface area contributed by atoms with E-state index in [0.717, 1.165) is 18.4 Å². The molecule has 5 nitrogen and oxygen atoms in total. The van der Waals surface area contributed by atoms with Crippen molar-refractivity contribution in [2.75, 3.05) is 6.54 Å². The predicted octanol–water partition coefficient (Wildman–Crippen LogP) is 2.80. The minimum Gasteiger partial charge on any atom is -0.481 e. The van der Waals surface area contributed by atoms with Gasteiger partial charge in [0.05, 0.1) is 5.92 Å². The number of amides is 1. The van der Waals surface area contributed by atoms with E-state index in [4.69, 9.17) is 9.84 Å². The lowest BCUT2D eigenvalue weighted by molar-refractivity contribution is -0.141. The monoisotopic (exact) mass is 279 g/mol.